The molecule has 3 rings (SSSR count). The minimum Gasteiger partial charge on any atom is -0.458 e. The monoisotopic (exact) mass is 468 g/mol. The second-order valence-electron chi connectivity index (χ2n) is 9.44. The normalized spacial score (nSPS) is 16.5. The van der Waals surface area contributed by atoms with E-state index in [1.165, 1.54) is 12.8 Å². The van der Waals surface area contributed by atoms with Gasteiger partial charge in [0.25, 0.3) is 5.91 Å². The number of hydrogen-bond donors (Lipinski definition) is 1. The number of hydrogen-bond acceptors (Lipinski definition) is 3. The number of anilines is 1. The Bertz CT molecular complexity index is 900. The molecule has 1 N–H and O–H groups in total. The molecule has 1 aliphatic heterocycles. The van der Waals surface area contributed by atoms with Crippen molar-refractivity contribution in [3.8, 4) is 0 Å². The average molecular weight is 469 g/mol. The van der Waals surface area contributed by atoms with E-state index in [4.69, 9.17) is 4.74 Å². The fraction of sp³-hybridized carbons (Fsp3) is 0.500. The lowest BCUT2D eigenvalue weighted by Gasteiger charge is -2.33. The van der Waals surface area contributed by atoms with Crippen molar-refractivity contribution in [2.45, 2.75) is 71.6 Å². The zero-order valence-electron chi connectivity index (χ0n) is 20.4. The molecule has 4 nitrogen and oxygen atoms in total. The van der Waals surface area contributed by atoms with Crippen molar-refractivity contribution in [1.82, 2.24) is 0 Å². The summed E-state index contributed by atoms with van der Waals surface area (Å²) in [6.45, 7) is 6.51. The highest BCUT2D eigenvalue weighted by Crippen LogP contribution is 2.66. The first-order valence-corrected chi connectivity index (χ1v) is 14.8. The fourth-order valence-corrected chi connectivity index (χ4v) is 10.1. The van der Waals surface area contributed by atoms with E-state index in [9.17, 15) is 9.59 Å². The van der Waals surface area contributed by atoms with E-state index in [1.807, 2.05) is 62.4 Å². The van der Waals surface area contributed by atoms with Gasteiger partial charge >= 0.3 is 5.97 Å². The van der Waals surface area contributed by atoms with Crippen LogP contribution in [-0.4, -0.2) is 36.0 Å². The van der Waals surface area contributed by atoms with E-state index < -0.39 is 7.26 Å². The largest absolute Gasteiger partial charge is 0.458 e. The summed E-state index contributed by atoms with van der Waals surface area (Å²) in [4.78, 5) is 26.8. The topological polar surface area (TPSA) is 55.4 Å². The number of para-hydroxylation sites is 1. The number of nitrogens with one attached hydrogen (secondary N) is 1. The van der Waals surface area contributed by atoms with Gasteiger partial charge in [-0.25, -0.2) is 4.79 Å². The van der Waals surface area contributed by atoms with Gasteiger partial charge in [-0.15, -0.1) is 0 Å². The van der Waals surface area contributed by atoms with Crippen LogP contribution in [0.4, 0.5) is 5.69 Å². The lowest BCUT2D eigenvalue weighted by molar-refractivity contribution is -0.141. The molecule has 1 fully saturated rings. The molecule has 0 radical (unpaired) electrons. The van der Waals surface area contributed by atoms with Gasteiger partial charge < -0.3 is 10.1 Å². The summed E-state index contributed by atoms with van der Waals surface area (Å²) in [6.07, 6.45) is 8.81. The van der Waals surface area contributed by atoms with Gasteiger partial charge in [0.2, 0.25) is 0 Å². The van der Waals surface area contributed by atoms with Gasteiger partial charge in [0.05, 0.1) is 12.3 Å². The molecule has 0 aromatic heterocycles. The van der Waals surface area contributed by atoms with Crippen molar-refractivity contribution in [3.63, 3.8) is 0 Å². The van der Waals surface area contributed by atoms with E-state index in [-0.39, 0.29) is 17.5 Å². The number of rotatable bonds is 9. The first kappa shape index (κ1) is 25.4. The molecule has 2 aromatic rings. The summed E-state index contributed by atoms with van der Waals surface area (Å²) in [5.74, 6) is -0.0459. The molecule has 0 bridgehead atoms. The third kappa shape index (κ3) is 6.90. The van der Waals surface area contributed by atoms with Crippen molar-refractivity contribution >= 4 is 24.8 Å². The van der Waals surface area contributed by atoms with Gasteiger partial charge in [0.1, 0.15) is 12.3 Å². The first-order valence-electron chi connectivity index (χ1n) is 12.4. The first-order chi connectivity index (χ1) is 15.9. The van der Waals surface area contributed by atoms with Crippen LogP contribution in [-0.2, 0) is 20.9 Å². The third-order valence-corrected chi connectivity index (χ3v) is 12.0. The Balaban J connectivity index is 1.81. The van der Waals surface area contributed by atoms with Gasteiger partial charge in [-0.1, -0.05) is 61.9 Å². The van der Waals surface area contributed by atoms with Crippen LogP contribution in [0.1, 0.15) is 62.1 Å². The number of benzene rings is 2. The molecular formula is C28H39NO3P+. The average Bonchev–Trinajstić information content (AvgIpc) is 3.05. The molecule has 5 heteroatoms. The molecule has 178 valence electrons. The second kappa shape index (κ2) is 12.3. The van der Waals surface area contributed by atoms with Gasteiger partial charge in [0.15, 0.2) is 6.16 Å². The molecule has 0 aliphatic carbocycles. The predicted molar refractivity (Wildman–Crippen MR) is 139 cm³/mol. The van der Waals surface area contributed by atoms with Crippen LogP contribution < -0.4 is 5.32 Å². The Labute approximate surface area is 199 Å². The molecular weight excluding hydrogens is 429 g/mol. The molecule has 1 aliphatic rings. The molecule has 1 amide bonds. The minimum absolute atomic E-state index is 0.0936. The molecule has 1 heterocycles. The maximum atomic E-state index is 13.7. The highest BCUT2D eigenvalue weighted by atomic mass is 31.2. The summed E-state index contributed by atoms with van der Waals surface area (Å²) in [5, 5.41) is 3.27. The van der Waals surface area contributed by atoms with Crippen molar-refractivity contribution in [3.05, 3.63) is 65.2 Å². The SMILES string of the molecule is CCCC(C(=O)Nc1c(C)cccc1C)[P+]1(CC(=O)OCc2ccccc2)CCCCCC1. The van der Waals surface area contributed by atoms with E-state index in [0.717, 1.165) is 60.4 Å². The molecule has 0 saturated carbocycles. The number of carbonyl (C=O) groups excluding carboxylic acids is 2. The number of ether oxygens (including phenoxy) is 1. The number of amides is 1. The zero-order valence-corrected chi connectivity index (χ0v) is 21.3. The highest BCUT2D eigenvalue weighted by Gasteiger charge is 2.51. The lowest BCUT2D eigenvalue weighted by atomic mass is 10.1. The van der Waals surface area contributed by atoms with Crippen LogP contribution in [0.2, 0.25) is 0 Å². The van der Waals surface area contributed by atoms with Gasteiger partial charge in [-0.3, -0.25) is 4.79 Å². The third-order valence-electron chi connectivity index (χ3n) is 6.90. The van der Waals surface area contributed by atoms with Crippen LogP contribution in [0.15, 0.2) is 48.5 Å². The molecule has 1 saturated heterocycles. The Morgan fingerprint density at radius 1 is 0.939 bits per heavy atom. The van der Waals surface area contributed by atoms with Crippen LogP contribution in [0.3, 0.4) is 0 Å². The highest BCUT2D eigenvalue weighted by molar-refractivity contribution is 7.78. The quantitative estimate of drug-likeness (QED) is 0.327. The minimum atomic E-state index is -1.85. The van der Waals surface area contributed by atoms with Crippen molar-refractivity contribution in [2.24, 2.45) is 0 Å². The standard InChI is InChI=1S/C28H38NO3P/c1-4-13-25(28(31)29-27-22(2)14-12-15-23(27)3)33(18-10-5-6-11-19-33)21-26(30)32-20-24-16-8-7-9-17-24/h7-9,12,14-17,25H,4-6,10-11,13,18-21H2,1-3H3/p+1. The fourth-order valence-electron chi connectivity index (χ4n) is 5.08. The Morgan fingerprint density at radius 3 is 2.18 bits per heavy atom. The second-order valence-corrected chi connectivity index (χ2v) is 13.7. The molecule has 1 atom stereocenters. The van der Waals surface area contributed by atoms with Gasteiger partial charge in [-0.2, -0.15) is 0 Å². The summed E-state index contributed by atoms with van der Waals surface area (Å²) in [7, 11) is -1.85. The molecule has 2 aromatic carbocycles. The van der Waals surface area contributed by atoms with Crippen molar-refractivity contribution in [1.29, 1.82) is 0 Å². The Morgan fingerprint density at radius 2 is 1.58 bits per heavy atom. The maximum absolute atomic E-state index is 13.7. The van der Waals surface area contributed by atoms with Crippen LogP contribution in [0.25, 0.3) is 0 Å². The Kier molecular flexibility index (Phi) is 9.50. The van der Waals surface area contributed by atoms with Gasteiger partial charge in [-0.05, 0) is 62.6 Å². The van der Waals surface area contributed by atoms with Crippen LogP contribution in [0, 0.1) is 13.8 Å². The predicted octanol–water partition coefficient (Wildman–Crippen LogP) is 6.75. The van der Waals surface area contributed by atoms with Gasteiger partial charge in [0, 0.05) is 12.9 Å². The van der Waals surface area contributed by atoms with Crippen LogP contribution >= 0.6 is 7.26 Å². The van der Waals surface area contributed by atoms with Crippen molar-refractivity contribution < 1.29 is 14.3 Å². The maximum Gasteiger partial charge on any atom is 0.344 e. The number of esters is 1. The molecule has 0 spiro atoms. The zero-order chi connectivity index (χ0) is 23.7. The molecule has 1 unspecified atom stereocenters. The lowest BCUT2D eigenvalue weighted by Crippen LogP contribution is -2.36. The van der Waals surface area contributed by atoms with E-state index in [1.54, 1.807) is 0 Å². The van der Waals surface area contributed by atoms with E-state index in [2.05, 4.69) is 12.2 Å². The smallest absolute Gasteiger partial charge is 0.344 e. The molecule has 33 heavy (non-hydrogen) atoms. The summed E-state index contributed by atoms with van der Waals surface area (Å²) in [5.41, 5.74) is 3.98. The van der Waals surface area contributed by atoms with E-state index >= 15 is 0 Å². The Hall–Kier alpha value is -2.19. The summed E-state index contributed by atoms with van der Waals surface area (Å²) < 4.78 is 5.72. The number of carbonyl (C=O) groups is 2. The summed E-state index contributed by atoms with van der Waals surface area (Å²) in [6, 6.07) is 15.9. The number of aryl methyl sites for hydroxylation is 2. The van der Waals surface area contributed by atoms with Crippen LogP contribution in [0.5, 0.6) is 0 Å². The summed E-state index contributed by atoms with van der Waals surface area (Å²) >= 11 is 0. The van der Waals surface area contributed by atoms with Crippen molar-refractivity contribution in [2.75, 3.05) is 23.8 Å². The van der Waals surface area contributed by atoms with E-state index in [0.29, 0.717) is 12.8 Å².